The molecule has 49 heavy (non-hydrogen) atoms. The lowest BCUT2D eigenvalue weighted by atomic mass is 10.0. The van der Waals surface area contributed by atoms with Gasteiger partial charge >= 0.3 is 12.1 Å². The second kappa shape index (κ2) is 13.7. The number of fused-ring (bicyclic) bond motifs is 1. The molecule has 1 saturated heterocycles. The molecule has 3 fully saturated rings. The van der Waals surface area contributed by atoms with Gasteiger partial charge in [0.25, 0.3) is 5.91 Å². The third kappa shape index (κ3) is 8.06. The molecule has 2 aliphatic carbocycles. The topological polar surface area (TPSA) is 181 Å². The molecule has 0 aromatic heterocycles. The maximum absolute atomic E-state index is 14.3. The van der Waals surface area contributed by atoms with Crippen molar-refractivity contribution in [2.24, 2.45) is 11.8 Å². The molecule has 14 nitrogen and oxygen atoms in total. The average Bonchev–Trinajstić information content (AvgIpc) is 3.90. The van der Waals surface area contributed by atoms with E-state index in [1.54, 1.807) is 40.0 Å². The van der Waals surface area contributed by atoms with Gasteiger partial charge in [0.2, 0.25) is 21.8 Å². The van der Waals surface area contributed by atoms with Crippen LogP contribution in [0.25, 0.3) is 0 Å². The van der Waals surface area contributed by atoms with E-state index in [4.69, 9.17) is 9.47 Å². The number of carbonyl (C=O) groups is 5. The Kier molecular flexibility index (Phi) is 10.1. The van der Waals surface area contributed by atoms with Crippen LogP contribution in [0.15, 0.2) is 30.9 Å². The second-order valence-corrected chi connectivity index (χ2v) is 16.2. The molecule has 5 rings (SSSR count). The predicted molar refractivity (Wildman–Crippen MR) is 173 cm³/mol. The molecule has 4 aliphatic rings. The van der Waals surface area contributed by atoms with Crippen LogP contribution in [0, 0.1) is 17.7 Å². The van der Waals surface area contributed by atoms with Crippen LogP contribution in [0.1, 0.15) is 64.0 Å². The molecule has 16 heteroatoms. The summed E-state index contributed by atoms with van der Waals surface area (Å²) in [4.78, 5) is 69.9. The predicted octanol–water partition coefficient (Wildman–Crippen LogP) is 1.48. The molecule has 0 spiro atoms. The third-order valence-corrected chi connectivity index (χ3v) is 11.0. The molecule has 4 amide bonds. The van der Waals surface area contributed by atoms with Crippen LogP contribution in [0.4, 0.5) is 9.18 Å². The first-order valence-electron chi connectivity index (χ1n) is 16.4. The SMILES string of the molecule is C=C[C@@H]1C[C@]1(NC(=O)C1C[C@@H](OC(=O)N2Cc3cccc(F)c3C2)CN1C(=O)[C@H](CNC)CC(=O)OC(C)(C)C)C(=O)NS(=O)(=O)C1CC1. The number of hydrogen-bond donors (Lipinski definition) is 3. The zero-order valence-electron chi connectivity index (χ0n) is 28.1. The number of amides is 4. The fourth-order valence-electron chi connectivity index (χ4n) is 6.43. The highest BCUT2D eigenvalue weighted by Crippen LogP contribution is 2.45. The first-order chi connectivity index (χ1) is 23.0. The fraction of sp³-hybridized carbons (Fsp3) is 0.606. The van der Waals surface area contributed by atoms with Gasteiger partial charge in [-0.2, -0.15) is 0 Å². The summed E-state index contributed by atoms with van der Waals surface area (Å²) < 4.78 is 52.8. The van der Waals surface area contributed by atoms with Crippen LogP contribution in [-0.2, 0) is 51.8 Å². The minimum atomic E-state index is -3.92. The van der Waals surface area contributed by atoms with Crippen molar-refractivity contribution in [1.82, 2.24) is 25.2 Å². The number of rotatable bonds is 12. The zero-order valence-corrected chi connectivity index (χ0v) is 28.9. The summed E-state index contributed by atoms with van der Waals surface area (Å²) in [7, 11) is -2.32. The number of hydrogen-bond acceptors (Lipinski definition) is 10. The van der Waals surface area contributed by atoms with E-state index in [0.29, 0.717) is 24.0 Å². The number of benzene rings is 1. The summed E-state index contributed by atoms with van der Waals surface area (Å²) in [5.41, 5.74) is -1.38. The van der Waals surface area contributed by atoms with Gasteiger partial charge in [-0.1, -0.05) is 18.2 Å². The molecule has 1 unspecified atom stereocenters. The van der Waals surface area contributed by atoms with Crippen molar-refractivity contribution in [3.05, 3.63) is 47.8 Å². The Bertz CT molecular complexity index is 1640. The minimum Gasteiger partial charge on any atom is -0.460 e. The van der Waals surface area contributed by atoms with E-state index in [9.17, 15) is 36.8 Å². The van der Waals surface area contributed by atoms with Crippen molar-refractivity contribution < 1.29 is 46.3 Å². The number of sulfonamides is 1. The Morgan fingerprint density at radius 2 is 1.88 bits per heavy atom. The highest BCUT2D eigenvalue weighted by molar-refractivity contribution is 7.91. The lowest BCUT2D eigenvalue weighted by molar-refractivity contribution is -0.158. The van der Waals surface area contributed by atoms with Crippen LogP contribution in [-0.4, -0.2) is 96.7 Å². The van der Waals surface area contributed by atoms with Gasteiger partial charge < -0.3 is 25.0 Å². The summed E-state index contributed by atoms with van der Waals surface area (Å²) in [5, 5.41) is 4.91. The Hall–Kier alpha value is -4.05. The molecule has 0 radical (unpaired) electrons. The van der Waals surface area contributed by atoms with E-state index < -0.39 is 86.0 Å². The van der Waals surface area contributed by atoms with Gasteiger partial charge in [0.05, 0.1) is 30.7 Å². The van der Waals surface area contributed by atoms with Gasteiger partial charge in [-0.05, 0) is 58.7 Å². The lowest BCUT2D eigenvalue weighted by Gasteiger charge is -2.29. The molecular weight excluding hydrogens is 661 g/mol. The molecule has 3 N–H and O–H groups in total. The van der Waals surface area contributed by atoms with Crippen molar-refractivity contribution in [3.63, 3.8) is 0 Å². The normalized spacial score (nSPS) is 25.2. The molecule has 1 aromatic rings. The van der Waals surface area contributed by atoms with Crippen molar-refractivity contribution in [1.29, 1.82) is 0 Å². The summed E-state index contributed by atoms with van der Waals surface area (Å²) >= 11 is 0. The highest BCUT2D eigenvalue weighted by atomic mass is 32.2. The van der Waals surface area contributed by atoms with Crippen LogP contribution in [0.5, 0.6) is 0 Å². The molecule has 2 saturated carbocycles. The summed E-state index contributed by atoms with van der Waals surface area (Å²) in [5.74, 6) is -4.81. The average molecular weight is 706 g/mol. The standard InChI is InChI=1S/C33H44FN5O9S/c1-6-21-14-33(21,30(43)37-49(45,46)23-10-11-23)36-28(41)26-13-22(47-31(44)38-16-19-8-7-9-25(34)24(19)18-38)17-39(26)29(42)20(15-35-5)12-27(40)48-32(2,3)4/h6-9,20-23,26,35H,1,10-18H2,2-5H3,(H,36,41)(H,37,43)/t20-,21+,22+,26?,33+/m0/s1. The van der Waals surface area contributed by atoms with Crippen LogP contribution in [0.2, 0.25) is 0 Å². The lowest BCUT2D eigenvalue weighted by Crippen LogP contribution is -2.57. The van der Waals surface area contributed by atoms with Crippen molar-refractivity contribution in [2.75, 3.05) is 20.1 Å². The smallest absolute Gasteiger partial charge is 0.410 e. The van der Waals surface area contributed by atoms with Crippen molar-refractivity contribution in [2.45, 2.75) is 94.5 Å². The van der Waals surface area contributed by atoms with Gasteiger partial charge in [-0.25, -0.2) is 17.6 Å². The Morgan fingerprint density at radius 3 is 2.47 bits per heavy atom. The number of likely N-dealkylation sites (tertiary alicyclic amines) is 1. The van der Waals surface area contributed by atoms with Gasteiger partial charge in [-0.15, -0.1) is 6.58 Å². The molecular formula is C33H44FN5O9S. The second-order valence-electron chi connectivity index (χ2n) is 14.2. The van der Waals surface area contributed by atoms with Gasteiger partial charge in [0.15, 0.2) is 0 Å². The van der Waals surface area contributed by atoms with Crippen LogP contribution < -0.4 is 15.4 Å². The Labute approximate surface area is 285 Å². The number of nitrogens with zero attached hydrogens (tertiary/aromatic N) is 2. The number of ether oxygens (including phenoxy) is 2. The van der Waals surface area contributed by atoms with Crippen molar-refractivity contribution in [3.8, 4) is 0 Å². The molecule has 268 valence electrons. The summed E-state index contributed by atoms with van der Waals surface area (Å²) in [6.07, 6.45) is 0.245. The van der Waals surface area contributed by atoms with E-state index in [-0.39, 0.29) is 45.4 Å². The molecule has 0 bridgehead atoms. The van der Waals surface area contributed by atoms with E-state index in [1.165, 1.54) is 21.9 Å². The minimum absolute atomic E-state index is 0.00934. The number of esters is 1. The molecule has 2 aliphatic heterocycles. The van der Waals surface area contributed by atoms with E-state index >= 15 is 0 Å². The maximum Gasteiger partial charge on any atom is 0.410 e. The summed E-state index contributed by atoms with van der Waals surface area (Å²) in [6, 6.07) is 3.33. The molecule has 1 aromatic carbocycles. The van der Waals surface area contributed by atoms with E-state index in [2.05, 4.69) is 21.9 Å². The summed E-state index contributed by atoms with van der Waals surface area (Å²) in [6.45, 7) is 8.78. The van der Waals surface area contributed by atoms with E-state index in [1.807, 2.05) is 0 Å². The van der Waals surface area contributed by atoms with Gasteiger partial charge in [0.1, 0.15) is 29.1 Å². The zero-order chi connectivity index (χ0) is 35.9. The van der Waals surface area contributed by atoms with Crippen LogP contribution >= 0.6 is 0 Å². The van der Waals surface area contributed by atoms with Crippen molar-refractivity contribution >= 4 is 39.8 Å². The highest BCUT2D eigenvalue weighted by Gasteiger charge is 2.62. The number of nitrogens with one attached hydrogen (secondary N) is 3. The maximum atomic E-state index is 14.3. The monoisotopic (exact) mass is 705 g/mol. The fourth-order valence-corrected chi connectivity index (χ4v) is 7.80. The molecule has 5 atom stereocenters. The largest absolute Gasteiger partial charge is 0.460 e. The first-order valence-corrected chi connectivity index (χ1v) is 17.9. The Balaban J connectivity index is 1.35. The Morgan fingerprint density at radius 1 is 1.16 bits per heavy atom. The quantitative estimate of drug-likeness (QED) is 0.213. The van der Waals surface area contributed by atoms with Crippen LogP contribution in [0.3, 0.4) is 0 Å². The number of halogens is 1. The van der Waals surface area contributed by atoms with Gasteiger partial charge in [-0.3, -0.25) is 28.8 Å². The first kappa shape index (κ1) is 36.2. The number of carbonyl (C=O) groups excluding carboxylic acids is 5. The van der Waals surface area contributed by atoms with E-state index in [0.717, 1.165) is 0 Å². The molecule has 2 heterocycles. The third-order valence-electron chi connectivity index (χ3n) is 9.18. The van der Waals surface area contributed by atoms with Gasteiger partial charge in [0, 0.05) is 31.0 Å².